The van der Waals surface area contributed by atoms with Crippen molar-refractivity contribution in [3.05, 3.63) is 12.2 Å². The summed E-state index contributed by atoms with van der Waals surface area (Å²) in [5, 5.41) is 0. The van der Waals surface area contributed by atoms with Gasteiger partial charge in [-0.25, -0.2) is 0 Å². The van der Waals surface area contributed by atoms with Crippen LogP contribution in [0.25, 0.3) is 0 Å². The minimum Gasteiger partial charge on any atom is -0.303 e. The average Bonchev–Trinajstić information content (AvgIpc) is 1.89. The van der Waals surface area contributed by atoms with Gasteiger partial charge in [-0.15, -0.1) is 0 Å². The molecule has 0 fully saturated rings. The highest BCUT2D eigenvalue weighted by Crippen LogP contribution is 1.97. The molecule has 0 N–H and O–H groups in total. The summed E-state index contributed by atoms with van der Waals surface area (Å²) in [4.78, 5) is 9.82. The summed E-state index contributed by atoms with van der Waals surface area (Å²) in [5.41, 5.74) is 0. The Bertz CT molecular complexity index is 84.6. The van der Waals surface area contributed by atoms with E-state index >= 15 is 0 Å². The molecule has 0 aromatic carbocycles. The number of carbonyl (C=O) groups excluding carboxylic acids is 1. The van der Waals surface area contributed by atoms with E-state index in [-0.39, 0.29) is 0 Å². The van der Waals surface area contributed by atoms with Crippen molar-refractivity contribution in [1.29, 1.82) is 0 Å². The van der Waals surface area contributed by atoms with Gasteiger partial charge < -0.3 is 4.79 Å². The number of allylic oxidation sites excluding steroid dienone is 2. The molecule has 0 spiro atoms. The topological polar surface area (TPSA) is 17.1 Å². The molecule has 0 aliphatic heterocycles. The number of rotatable bonds is 5. The molecular formula is C8H14O. The molecule has 0 atom stereocenters. The van der Waals surface area contributed by atoms with Crippen LogP contribution in [0.1, 0.15) is 32.6 Å². The van der Waals surface area contributed by atoms with Gasteiger partial charge in [0.15, 0.2) is 0 Å². The van der Waals surface area contributed by atoms with E-state index in [2.05, 4.69) is 6.08 Å². The smallest absolute Gasteiger partial charge is 0.119 e. The molecule has 1 nitrogen and oxygen atoms in total. The summed E-state index contributed by atoms with van der Waals surface area (Å²) < 4.78 is 0. The molecule has 0 bridgehead atoms. The largest absolute Gasteiger partial charge is 0.303 e. The van der Waals surface area contributed by atoms with Crippen LogP contribution in [0.4, 0.5) is 0 Å². The van der Waals surface area contributed by atoms with Gasteiger partial charge in [-0.1, -0.05) is 12.2 Å². The van der Waals surface area contributed by atoms with Crippen molar-refractivity contribution in [2.75, 3.05) is 0 Å². The minimum atomic E-state index is 0.720. The van der Waals surface area contributed by atoms with E-state index in [1.165, 1.54) is 0 Å². The number of aldehydes is 1. The molecule has 0 aliphatic carbocycles. The van der Waals surface area contributed by atoms with Gasteiger partial charge >= 0.3 is 0 Å². The van der Waals surface area contributed by atoms with E-state index in [1.54, 1.807) is 0 Å². The van der Waals surface area contributed by atoms with Crippen molar-refractivity contribution < 1.29 is 4.79 Å². The minimum absolute atomic E-state index is 0.720. The fourth-order valence-corrected chi connectivity index (χ4v) is 0.657. The normalized spacial score (nSPS) is 10.3. The van der Waals surface area contributed by atoms with Crippen LogP contribution >= 0.6 is 0 Å². The molecule has 0 radical (unpaired) electrons. The fraction of sp³-hybridized carbons (Fsp3) is 0.625. The van der Waals surface area contributed by atoms with Gasteiger partial charge in [0.05, 0.1) is 0 Å². The maximum absolute atomic E-state index is 9.82. The van der Waals surface area contributed by atoms with E-state index in [0.29, 0.717) is 0 Å². The van der Waals surface area contributed by atoms with Gasteiger partial charge in [-0.05, 0) is 26.2 Å². The van der Waals surface area contributed by atoms with E-state index in [9.17, 15) is 4.79 Å². The van der Waals surface area contributed by atoms with Crippen LogP contribution in [-0.4, -0.2) is 6.29 Å². The lowest BCUT2D eigenvalue weighted by atomic mass is 10.2. The van der Waals surface area contributed by atoms with E-state index in [1.807, 2.05) is 13.0 Å². The first-order chi connectivity index (χ1) is 4.41. The zero-order valence-electron chi connectivity index (χ0n) is 5.97. The molecule has 0 aromatic rings. The fourth-order valence-electron chi connectivity index (χ4n) is 0.657. The van der Waals surface area contributed by atoms with Crippen molar-refractivity contribution in [2.24, 2.45) is 0 Å². The zero-order valence-corrected chi connectivity index (χ0v) is 5.97. The first-order valence-electron chi connectivity index (χ1n) is 3.46. The predicted octanol–water partition coefficient (Wildman–Crippen LogP) is 2.32. The Hall–Kier alpha value is -0.590. The second kappa shape index (κ2) is 7.41. The van der Waals surface area contributed by atoms with Crippen LogP contribution in [0.2, 0.25) is 0 Å². The lowest BCUT2D eigenvalue weighted by molar-refractivity contribution is -0.107. The molecule has 0 aliphatic rings. The molecule has 9 heavy (non-hydrogen) atoms. The van der Waals surface area contributed by atoms with Crippen molar-refractivity contribution in [1.82, 2.24) is 0 Å². The van der Waals surface area contributed by atoms with Gasteiger partial charge in [0.25, 0.3) is 0 Å². The van der Waals surface area contributed by atoms with Crippen molar-refractivity contribution >= 4 is 6.29 Å². The molecule has 0 heterocycles. The lowest BCUT2D eigenvalue weighted by Crippen LogP contribution is -1.75. The average molecular weight is 126 g/mol. The molecule has 0 saturated carbocycles. The highest BCUT2D eigenvalue weighted by Gasteiger charge is 1.82. The Morgan fingerprint density at radius 1 is 1.22 bits per heavy atom. The molecule has 0 aromatic heterocycles. The highest BCUT2D eigenvalue weighted by molar-refractivity contribution is 5.48. The lowest BCUT2D eigenvalue weighted by Gasteiger charge is -1.88. The van der Waals surface area contributed by atoms with Crippen LogP contribution in [0.5, 0.6) is 0 Å². The van der Waals surface area contributed by atoms with Crippen LogP contribution in [0.15, 0.2) is 12.2 Å². The third kappa shape index (κ3) is 7.41. The molecular weight excluding hydrogens is 112 g/mol. The van der Waals surface area contributed by atoms with Crippen molar-refractivity contribution in [2.45, 2.75) is 32.6 Å². The Kier molecular flexibility index (Phi) is 6.92. The first-order valence-corrected chi connectivity index (χ1v) is 3.46. The van der Waals surface area contributed by atoms with Crippen molar-refractivity contribution in [3.63, 3.8) is 0 Å². The summed E-state index contributed by atoms with van der Waals surface area (Å²) in [6.45, 7) is 2.01. The van der Waals surface area contributed by atoms with Gasteiger partial charge in [0.1, 0.15) is 6.29 Å². The molecule has 1 heteroatoms. The maximum atomic E-state index is 9.82. The maximum Gasteiger partial charge on any atom is 0.119 e. The Morgan fingerprint density at radius 2 is 1.89 bits per heavy atom. The van der Waals surface area contributed by atoms with Gasteiger partial charge in [0.2, 0.25) is 0 Å². The molecule has 0 saturated heterocycles. The SMILES string of the molecule is C/C=C\CCCCC=O. The van der Waals surface area contributed by atoms with E-state index in [0.717, 1.165) is 32.0 Å². The van der Waals surface area contributed by atoms with Gasteiger partial charge in [0, 0.05) is 6.42 Å². The summed E-state index contributed by atoms with van der Waals surface area (Å²) in [5.74, 6) is 0. The van der Waals surface area contributed by atoms with Crippen LogP contribution in [0, 0.1) is 0 Å². The number of hydrogen-bond donors (Lipinski definition) is 0. The van der Waals surface area contributed by atoms with Gasteiger partial charge in [-0.2, -0.15) is 0 Å². The quantitative estimate of drug-likeness (QED) is 0.314. The monoisotopic (exact) mass is 126 g/mol. The van der Waals surface area contributed by atoms with Crippen molar-refractivity contribution in [3.8, 4) is 0 Å². The third-order valence-electron chi connectivity index (χ3n) is 1.18. The second-order valence-corrected chi connectivity index (χ2v) is 2.02. The van der Waals surface area contributed by atoms with Crippen LogP contribution in [-0.2, 0) is 4.79 Å². The number of hydrogen-bond acceptors (Lipinski definition) is 1. The Balaban J connectivity index is 2.82. The highest BCUT2D eigenvalue weighted by atomic mass is 16.1. The summed E-state index contributed by atoms with van der Waals surface area (Å²) in [7, 11) is 0. The first kappa shape index (κ1) is 8.41. The zero-order chi connectivity index (χ0) is 6.95. The number of unbranched alkanes of at least 4 members (excludes halogenated alkanes) is 3. The number of carbonyl (C=O) groups is 1. The second-order valence-electron chi connectivity index (χ2n) is 2.02. The molecule has 0 rings (SSSR count). The molecule has 52 valence electrons. The van der Waals surface area contributed by atoms with Crippen LogP contribution < -0.4 is 0 Å². The van der Waals surface area contributed by atoms with E-state index in [4.69, 9.17) is 0 Å². The third-order valence-corrected chi connectivity index (χ3v) is 1.18. The summed E-state index contributed by atoms with van der Waals surface area (Å²) in [6.07, 6.45) is 9.17. The molecule has 0 amide bonds. The predicted molar refractivity (Wildman–Crippen MR) is 39.3 cm³/mol. The molecule has 0 unspecified atom stereocenters. The summed E-state index contributed by atoms with van der Waals surface area (Å²) >= 11 is 0. The van der Waals surface area contributed by atoms with E-state index < -0.39 is 0 Å². The van der Waals surface area contributed by atoms with Crippen LogP contribution in [0.3, 0.4) is 0 Å². The summed E-state index contributed by atoms with van der Waals surface area (Å²) in [6, 6.07) is 0. The standard InChI is InChI=1S/C8H14O/c1-2-3-4-5-6-7-8-9/h2-3,8H,4-7H2,1H3/b3-2-. The van der Waals surface area contributed by atoms with Gasteiger partial charge in [-0.3, -0.25) is 0 Å². The Labute approximate surface area is 56.8 Å². The Morgan fingerprint density at radius 3 is 2.44 bits per heavy atom.